The zero-order valence-corrected chi connectivity index (χ0v) is 26.8. The van der Waals surface area contributed by atoms with E-state index in [4.69, 9.17) is 0 Å². The summed E-state index contributed by atoms with van der Waals surface area (Å²) in [5.74, 6) is 0. The molecule has 0 unspecified atom stereocenters. The van der Waals surface area contributed by atoms with E-state index in [0.29, 0.717) is 0 Å². The molecule has 0 atom stereocenters. The minimum absolute atomic E-state index is 1.17. The molecule has 1 nitrogen and oxygen atoms in total. The van der Waals surface area contributed by atoms with Gasteiger partial charge in [-0.25, -0.2) is 0 Å². The summed E-state index contributed by atoms with van der Waals surface area (Å²) < 4.78 is 2.39. The van der Waals surface area contributed by atoms with Crippen LogP contribution in [0.4, 0.5) is 0 Å². The van der Waals surface area contributed by atoms with Crippen LogP contribution in [0.15, 0.2) is 188 Å². The number of hydrogen-bond donors (Lipinski definition) is 0. The smallest absolute Gasteiger partial charge is 0.0547 e. The van der Waals surface area contributed by atoms with Crippen LogP contribution in [0.25, 0.3) is 93.2 Å². The molecule has 0 saturated carbocycles. The Morgan fingerprint density at radius 3 is 1.55 bits per heavy atom. The number of nitrogens with zero attached hydrogens (tertiary/aromatic N) is 1. The van der Waals surface area contributed by atoms with Crippen molar-refractivity contribution in [2.45, 2.75) is 0 Å². The number of rotatable bonds is 4. The third-order valence-corrected chi connectivity index (χ3v) is 10.1. The molecule has 0 bridgehead atoms. The predicted octanol–water partition coefficient (Wildman–Crippen LogP) is 13.2. The van der Waals surface area contributed by atoms with E-state index in [2.05, 4.69) is 193 Å². The van der Waals surface area contributed by atoms with Crippen molar-refractivity contribution in [3.63, 3.8) is 0 Å². The quantitative estimate of drug-likeness (QED) is 0.172. The standard InChI is InChI=1S/C48H31N/c1-3-14-32(15-4-1)44-29-36(30-45-40-22-8-7-20-38(40)39-21-9-10-24-43(39)48(44)45)34-17-13-16-33(28-34)35-26-27-42-41-23-11-12-25-46(41)49(47(42)31-35)37-18-5-2-6-19-37/h1-31H. The summed E-state index contributed by atoms with van der Waals surface area (Å²) in [6.07, 6.45) is 0. The lowest BCUT2D eigenvalue weighted by atomic mass is 9.86. The average molecular weight is 622 g/mol. The number of aromatic nitrogens is 1. The van der Waals surface area contributed by atoms with E-state index in [-0.39, 0.29) is 0 Å². The van der Waals surface area contributed by atoms with Gasteiger partial charge in [0.05, 0.1) is 11.0 Å². The van der Waals surface area contributed by atoms with Gasteiger partial charge < -0.3 is 4.57 Å². The van der Waals surface area contributed by atoms with Crippen LogP contribution in [-0.4, -0.2) is 4.57 Å². The van der Waals surface area contributed by atoms with Crippen LogP contribution in [0.5, 0.6) is 0 Å². The Labute approximate surface area is 284 Å². The summed E-state index contributed by atoms with van der Waals surface area (Å²) >= 11 is 0. The molecule has 0 radical (unpaired) electrons. The average Bonchev–Trinajstić information content (AvgIpc) is 3.52. The lowest BCUT2D eigenvalue weighted by Gasteiger charge is -2.17. The van der Waals surface area contributed by atoms with Crippen LogP contribution in [0.3, 0.4) is 0 Å². The van der Waals surface area contributed by atoms with Gasteiger partial charge in [0, 0.05) is 16.5 Å². The van der Waals surface area contributed by atoms with Gasteiger partial charge in [-0.2, -0.15) is 0 Å². The number of para-hydroxylation sites is 2. The summed E-state index contributed by atoms with van der Waals surface area (Å²) in [4.78, 5) is 0. The minimum atomic E-state index is 1.17. The Morgan fingerprint density at radius 1 is 0.265 bits per heavy atom. The van der Waals surface area contributed by atoms with Crippen LogP contribution >= 0.6 is 0 Å². The Morgan fingerprint density at radius 2 is 0.796 bits per heavy atom. The maximum Gasteiger partial charge on any atom is 0.0547 e. The number of benzene rings is 9. The van der Waals surface area contributed by atoms with Gasteiger partial charge in [-0.15, -0.1) is 0 Å². The van der Waals surface area contributed by atoms with Crippen molar-refractivity contribution >= 4 is 54.1 Å². The highest BCUT2D eigenvalue weighted by Gasteiger charge is 2.17. The SMILES string of the molecule is c1ccc(-c2cc(-c3cccc(-c4ccc5c6ccccc6n(-c6ccccc6)c5c4)c3)cc3c4ccccc4c4ccccc4c23)cc1. The highest BCUT2D eigenvalue weighted by atomic mass is 15.0. The molecule has 10 aromatic rings. The van der Waals surface area contributed by atoms with Crippen LogP contribution in [0, 0.1) is 0 Å². The highest BCUT2D eigenvalue weighted by Crippen LogP contribution is 2.43. The van der Waals surface area contributed by atoms with Gasteiger partial charge in [-0.05, 0) is 108 Å². The van der Waals surface area contributed by atoms with Crippen LogP contribution < -0.4 is 0 Å². The van der Waals surface area contributed by atoms with Crippen molar-refractivity contribution in [2.75, 3.05) is 0 Å². The van der Waals surface area contributed by atoms with Crippen molar-refractivity contribution < 1.29 is 0 Å². The summed E-state index contributed by atoms with van der Waals surface area (Å²) in [5.41, 5.74) is 10.9. The van der Waals surface area contributed by atoms with E-state index in [1.807, 2.05) is 0 Å². The highest BCUT2D eigenvalue weighted by molar-refractivity contribution is 6.29. The summed E-state index contributed by atoms with van der Waals surface area (Å²) in [6.45, 7) is 0. The second-order valence-corrected chi connectivity index (χ2v) is 12.9. The topological polar surface area (TPSA) is 4.93 Å². The fourth-order valence-electron chi connectivity index (χ4n) is 7.93. The molecule has 9 aromatic carbocycles. The molecule has 0 aliphatic carbocycles. The summed E-state index contributed by atoms with van der Waals surface area (Å²) in [6, 6.07) is 68.7. The van der Waals surface area contributed by atoms with Crippen LogP contribution in [0.1, 0.15) is 0 Å². The molecule has 0 spiro atoms. The van der Waals surface area contributed by atoms with Crippen molar-refractivity contribution in [3.8, 4) is 39.1 Å². The van der Waals surface area contributed by atoms with Gasteiger partial charge in [-0.1, -0.05) is 146 Å². The molecule has 0 aliphatic heterocycles. The molecule has 228 valence electrons. The van der Waals surface area contributed by atoms with Crippen molar-refractivity contribution in [1.82, 2.24) is 4.57 Å². The lowest BCUT2D eigenvalue weighted by molar-refractivity contribution is 1.18. The van der Waals surface area contributed by atoms with Crippen molar-refractivity contribution in [2.24, 2.45) is 0 Å². The fourth-order valence-corrected chi connectivity index (χ4v) is 7.93. The van der Waals surface area contributed by atoms with Crippen molar-refractivity contribution in [3.05, 3.63) is 188 Å². The number of fused-ring (bicyclic) bond motifs is 9. The lowest BCUT2D eigenvalue weighted by Crippen LogP contribution is -1.93. The fraction of sp³-hybridized carbons (Fsp3) is 0. The van der Waals surface area contributed by atoms with Gasteiger partial charge in [0.25, 0.3) is 0 Å². The maximum absolute atomic E-state index is 2.41. The first-order valence-electron chi connectivity index (χ1n) is 16.9. The third kappa shape index (κ3) is 4.40. The van der Waals surface area contributed by atoms with Crippen molar-refractivity contribution in [1.29, 1.82) is 0 Å². The zero-order chi connectivity index (χ0) is 32.3. The van der Waals surface area contributed by atoms with E-state index in [0.717, 1.165) is 0 Å². The Kier molecular flexibility index (Phi) is 6.25. The summed E-state index contributed by atoms with van der Waals surface area (Å²) in [5, 5.41) is 10.3. The van der Waals surface area contributed by atoms with E-state index >= 15 is 0 Å². The zero-order valence-electron chi connectivity index (χ0n) is 26.8. The maximum atomic E-state index is 2.41. The largest absolute Gasteiger partial charge is 0.309 e. The molecule has 0 amide bonds. The summed E-state index contributed by atoms with van der Waals surface area (Å²) in [7, 11) is 0. The molecule has 0 fully saturated rings. The van der Waals surface area contributed by atoms with Gasteiger partial charge >= 0.3 is 0 Å². The molecule has 49 heavy (non-hydrogen) atoms. The molecular weight excluding hydrogens is 591 g/mol. The second kappa shape index (κ2) is 11.1. The van der Waals surface area contributed by atoms with Gasteiger partial charge in [0.15, 0.2) is 0 Å². The first-order chi connectivity index (χ1) is 24.3. The number of hydrogen-bond acceptors (Lipinski definition) is 0. The Bertz CT molecular complexity index is 2860. The molecule has 1 heterocycles. The monoisotopic (exact) mass is 621 g/mol. The van der Waals surface area contributed by atoms with E-state index in [1.165, 1.54) is 93.2 Å². The Balaban J connectivity index is 1.21. The molecule has 0 saturated heterocycles. The van der Waals surface area contributed by atoms with Gasteiger partial charge in [0.2, 0.25) is 0 Å². The van der Waals surface area contributed by atoms with Crippen LogP contribution in [-0.2, 0) is 0 Å². The molecule has 10 rings (SSSR count). The predicted molar refractivity (Wildman–Crippen MR) is 210 cm³/mol. The molecule has 0 aliphatic rings. The van der Waals surface area contributed by atoms with Crippen LogP contribution in [0.2, 0.25) is 0 Å². The Hall–Kier alpha value is -6.44. The first kappa shape index (κ1) is 27.7. The minimum Gasteiger partial charge on any atom is -0.309 e. The van der Waals surface area contributed by atoms with E-state index in [9.17, 15) is 0 Å². The molecule has 1 aromatic heterocycles. The van der Waals surface area contributed by atoms with Gasteiger partial charge in [0.1, 0.15) is 0 Å². The van der Waals surface area contributed by atoms with E-state index in [1.54, 1.807) is 0 Å². The molecular formula is C48H31N. The second-order valence-electron chi connectivity index (χ2n) is 12.9. The third-order valence-electron chi connectivity index (χ3n) is 10.1. The molecule has 0 N–H and O–H groups in total. The first-order valence-corrected chi connectivity index (χ1v) is 16.9. The normalized spacial score (nSPS) is 11.7. The van der Waals surface area contributed by atoms with E-state index < -0.39 is 0 Å². The van der Waals surface area contributed by atoms with Gasteiger partial charge in [-0.3, -0.25) is 0 Å². The molecule has 1 heteroatoms.